The van der Waals surface area contributed by atoms with Crippen molar-refractivity contribution in [2.45, 2.75) is 56.3 Å². The zero-order valence-electron chi connectivity index (χ0n) is 25.9. The van der Waals surface area contributed by atoms with Crippen LogP contribution >= 0.6 is 0 Å². The number of nitrogens with one attached hydrogen (secondary N) is 4. The molecule has 4 aromatic rings. The van der Waals surface area contributed by atoms with Gasteiger partial charge < -0.3 is 47.7 Å². The minimum atomic E-state index is -1.36. The number of carboxylic acid groups (broad SMARTS) is 1. The maximum absolute atomic E-state index is 13.7. The average molecular weight is 659 g/mol. The number of aromatic amines is 1. The Balaban J connectivity index is 1.52. The minimum absolute atomic E-state index is 0.0219. The molecule has 4 atom stereocenters. The second-order valence-corrected chi connectivity index (χ2v) is 11.4. The number of phenols is 2. The first-order valence-corrected chi connectivity index (χ1v) is 15.2. The molecule has 48 heavy (non-hydrogen) atoms. The van der Waals surface area contributed by atoms with Crippen molar-refractivity contribution in [3.05, 3.63) is 95.7 Å². The van der Waals surface area contributed by atoms with E-state index in [1.807, 2.05) is 24.3 Å². The lowest BCUT2D eigenvalue weighted by Gasteiger charge is -2.25. The molecule has 1 heterocycles. The zero-order valence-corrected chi connectivity index (χ0v) is 25.9. The third-order valence-corrected chi connectivity index (χ3v) is 7.76. The highest BCUT2D eigenvalue weighted by molar-refractivity contribution is 5.95. The highest BCUT2D eigenvalue weighted by Gasteiger charge is 2.31. The zero-order chi connectivity index (χ0) is 34.8. The molecule has 0 bridgehead atoms. The number of carbonyl (C=O) groups is 5. The highest BCUT2D eigenvalue weighted by Crippen LogP contribution is 2.20. The van der Waals surface area contributed by atoms with Crippen LogP contribution in [-0.4, -0.2) is 74.1 Å². The monoisotopic (exact) mass is 658 g/mol. The van der Waals surface area contributed by atoms with Gasteiger partial charge in [-0.25, -0.2) is 4.79 Å². The second kappa shape index (κ2) is 16.1. The number of aliphatic carboxylic acids is 1. The van der Waals surface area contributed by atoms with E-state index < -0.39 is 53.8 Å². The lowest BCUT2D eigenvalue weighted by Crippen LogP contribution is -2.58. The van der Waals surface area contributed by atoms with Crippen LogP contribution in [-0.2, 0) is 43.2 Å². The molecule has 0 spiro atoms. The van der Waals surface area contributed by atoms with E-state index in [0.29, 0.717) is 16.7 Å². The molecular formula is C34H38N6O8. The summed E-state index contributed by atoms with van der Waals surface area (Å²) in [4.78, 5) is 67.2. The lowest BCUT2D eigenvalue weighted by molar-refractivity contribution is -0.142. The largest absolute Gasteiger partial charge is 0.508 e. The Labute approximate surface area is 275 Å². The number of amides is 4. The topological polar surface area (TPSA) is 250 Å². The maximum Gasteiger partial charge on any atom is 0.326 e. The summed E-state index contributed by atoms with van der Waals surface area (Å²) < 4.78 is 0. The molecule has 0 aliphatic carbocycles. The second-order valence-electron chi connectivity index (χ2n) is 11.4. The van der Waals surface area contributed by atoms with Crippen molar-refractivity contribution in [2.24, 2.45) is 11.5 Å². The Morgan fingerprint density at radius 3 is 1.83 bits per heavy atom. The summed E-state index contributed by atoms with van der Waals surface area (Å²) >= 11 is 0. The number of primary amides is 1. The number of para-hydroxylation sites is 1. The van der Waals surface area contributed by atoms with Crippen LogP contribution in [0, 0.1) is 0 Å². The van der Waals surface area contributed by atoms with Crippen LogP contribution in [0.1, 0.15) is 29.5 Å². The van der Waals surface area contributed by atoms with Crippen LogP contribution in [0.3, 0.4) is 0 Å². The van der Waals surface area contributed by atoms with Crippen molar-refractivity contribution in [3.8, 4) is 11.5 Å². The summed E-state index contributed by atoms with van der Waals surface area (Å²) in [6.45, 7) is 0. The first-order chi connectivity index (χ1) is 22.9. The molecular weight excluding hydrogens is 620 g/mol. The molecule has 252 valence electrons. The van der Waals surface area contributed by atoms with Crippen molar-refractivity contribution in [1.82, 2.24) is 20.9 Å². The van der Waals surface area contributed by atoms with Crippen molar-refractivity contribution < 1.29 is 39.3 Å². The van der Waals surface area contributed by atoms with E-state index in [-0.39, 0.29) is 43.6 Å². The van der Waals surface area contributed by atoms with E-state index in [0.717, 1.165) is 10.9 Å². The van der Waals surface area contributed by atoms with Gasteiger partial charge in [-0.1, -0.05) is 42.5 Å². The van der Waals surface area contributed by atoms with Crippen LogP contribution < -0.4 is 27.4 Å². The normalized spacial score (nSPS) is 13.5. The van der Waals surface area contributed by atoms with Gasteiger partial charge in [-0.15, -0.1) is 0 Å². The maximum atomic E-state index is 13.7. The number of H-pyrrole nitrogens is 1. The molecule has 11 N–H and O–H groups in total. The molecule has 3 aromatic carbocycles. The predicted octanol–water partition coefficient (Wildman–Crippen LogP) is 0.739. The fraction of sp³-hybridized carbons (Fsp3) is 0.265. The molecule has 4 amide bonds. The van der Waals surface area contributed by atoms with Gasteiger partial charge in [0.15, 0.2) is 0 Å². The summed E-state index contributed by atoms with van der Waals surface area (Å²) in [5.74, 6) is -4.36. The number of benzene rings is 3. The fourth-order valence-electron chi connectivity index (χ4n) is 5.15. The van der Waals surface area contributed by atoms with Gasteiger partial charge in [0.1, 0.15) is 29.6 Å². The molecule has 1 aromatic heterocycles. The summed E-state index contributed by atoms with van der Waals surface area (Å²) in [5.41, 5.74) is 14.0. The molecule has 14 nitrogen and oxygen atoms in total. The summed E-state index contributed by atoms with van der Waals surface area (Å²) in [6.07, 6.45) is 1.11. The Morgan fingerprint density at radius 2 is 1.23 bits per heavy atom. The number of rotatable bonds is 16. The van der Waals surface area contributed by atoms with Crippen molar-refractivity contribution >= 4 is 40.5 Å². The number of carboxylic acids is 1. The van der Waals surface area contributed by atoms with Gasteiger partial charge >= 0.3 is 5.97 Å². The molecule has 14 heteroatoms. The van der Waals surface area contributed by atoms with Gasteiger partial charge in [0.05, 0.1) is 6.04 Å². The van der Waals surface area contributed by atoms with Crippen LogP contribution in [0.15, 0.2) is 79.0 Å². The van der Waals surface area contributed by atoms with Gasteiger partial charge in [-0.2, -0.15) is 0 Å². The van der Waals surface area contributed by atoms with E-state index in [4.69, 9.17) is 11.5 Å². The number of carbonyl (C=O) groups excluding carboxylic acids is 4. The van der Waals surface area contributed by atoms with E-state index in [9.17, 15) is 39.3 Å². The SMILES string of the molecule is NC(=O)CCC(NC(=O)C(N)Cc1ccc(O)cc1)C(=O)NC(Cc1ccc(O)cc1)C(=O)NC(Cc1c[nH]c2ccccc12)C(=O)O. The van der Waals surface area contributed by atoms with Gasteiger partial charge in [-0.05, 0) is 59.9 Å². The van der Waals surface area contributed by atoms with Crippen molar-refractivity contribution in [3.63, 3.8) is 0 Å². The fourth-order valence-corrected chi connectivity index (χ4v) is 5.15. The quantitative estimate of drug-likeness (QED) is 0.0822. The third-order valence-electron chi connectivity index (χ3n) is 7.76. The number of hydrogen-bond donors (Lipinski definition) is 9. The summed E-state index contributed by atoms with van der Waals surface area (Å²) in [7, 11) is 0. The first-order valence-electron chi connectivity index (χ1n) is 15.2. The molecule has 4 unspecified atom stereocenters. The predicted molar refractivity (Wildman–Crippen MR) is 175 cm³/mol. The molecule has 0 aliphatic heterocycles. The van der Waals surface area contributed by atoms with E-state index in [1.54, 1.807) is 18.3 Å². The van der Waals surface area contributed by atoms with E-state index in [1.165, 1.54) is 36.4 Å². The smallest absolute Gasteiger partial charge is 0.326 e. The molecule has 0 aliphatic rings. The number of aromatic nitrogens is 1. The number of phenolic OH excluding ortho intramolecular Hbond substituents is 2. The first kappa shape index (κ1) is 35.0. The number of nitrogens with two attached hydrogens (primary N) is 2. The van der Waals surface area contributed by atoms with Crippen LogP contribution in [0.5, 0.6) is 11.5 Å². The summed E-state index contributed by atoms with van der Waals surface area (Å²) in [5, 5.41) is 37.7. The van der Waals surface area contributed by atoms with Crippen LogP contribution in [0.25, 0.3) is 10.9 Å². The minimum Gasteiger partial charge on any atom is -0.508 e. The van der Waals surface area contributed by atoms with Gasteiger partial charge in [0.2, 0.25) is 23.6 Å². The number of fused-ring (bicyclic) bond motifs is 1. The molecule has 0 radical (unpaired) electrons. The average Bonchev–Trinajstić information content (AvgIpc) is 3.46. The Hall–Kier alpha value is -5.89. The summed E-state index contributed by atoms with van der Waals surface area (Å²) in [6, 6.07) is 14.1. The molecule has 4 rings (SSSR count). The molecule has 0 saturated heterocycles. The Morgan fingerprint density at radius 1 is 0.688 bits per heavy atom. The van der Waals surface area contributed by atoms with E-state index in [2.05, 4.69) is 20.9 Å². The van der Waals surface area contributed by atoms with Crippen molar-refractivity contribution in [1.29, 1.82) is 0 Å². The van der Waals surface area contributed by atoms with Crippen LogP contribution in [0.4, 0.5) is 0 Å². The third kappa shape index (κ3) is 9.80. The number of aromatic hydroxyl groups is 2. The molecule has 0 saturated carbocycles. The van der Waals surface area contributed by atoms with Crippen LogP contribution in [0.2, 0.25) is 0 Å². The number of hydrogen-bond acceptors (Lipinski definition) is 8. The highest BCUT2D eigenvalue weighted by atomic mass is 16.4. The molecule has 0 fully saturated rings. The lowest BCUT2D eigenvalue weighted by atomic mass is 10.0. The van der Waals surface area contributed by atoms with E-state index >= 15 is 0 Å². The standard InChI is InChI=1S/C34H38N6O8/c35-25(15-19-5-9-22(41)10-6-19)31(44)38-27(13-14-30(36)43)32(45)39-28(16-20-7-11-23(42)12-8-20)33(46)40-29(34(47)48)17-21-18-37-26-4-2-1-3-24(21)26/h1-12,18,25,27-29,37,41-42H,13-17,35H2,(H2,36,43)(H,38,44)(H,39,45)(H,40,46)(H,47,48). The van der Waals surface area contributed by atoms with Gasteiger partial charge in [0, 0.05) is 36.4 Å². The van der Waals surface area contributed by atoms with Gasteiger partial charge in [0.25, 0.3) is 0 Å². The van der Waals surface area contributed by atoms with Gasteiger partial charge in [-0.3, -0.25) is 19.2 Å². The van der Waals surface area contributed by atoms with Crippen molar-refractivity contribution in [2.75, 3.05) is 0 Å². The Bertz CT molecular complexity index is 1760. The Kier molecular flexibility index (Phi) is 11.7.